The standard InChI is InChI=1S/C8H4Cl2N2/c9-7-3-5-1-2-11-8(10)6(5)4-12-7/h1-4H. The summed E-state index contributed by atoms with van der Waals surface area (Å²) in [4.78, 5) is 7.83. The Hall–Kier alpha value is -0.860. The van der Waals surface area contributed by atoms with Crippen molar-refractivity contribution >= 4 is 34.0 Å². The molecule has 60 valence electrons. The third kappa shape index (κ3) is 1.24. The monoisotopic (exact) mass is 198 g/mol. The first-order chi connectivity index (χ1) is 5.77. The van der Waals surface area contributed by atoms with Crippen molar-refractivity contribution in [1.82, 2.24) is 9.97 Å². The van der Waals surface area contributed by atoms with Crippen LogP contribution < -0.4 is 0 Å². The summed E-state index contributed by atoms with van der Waals surface area (Å²) in [5.74, 6) is 0. The third-order valence-corrected chi connectivity index (χ3v) is 2.07. The summed E-state index contributed by atoms with van der Waals surface area (Å²) in [7, 11) is 0. The zero-order valence-corrected chi connectivity index (χ0v) is 7.47. The Balaban J connectivity index is 2.86. The molecule has 0 N–H and O–H groups in total. The molecule has 0 saturated heterocycles. The van der Waals surface area contributed by atoms with E-state index in [4.69, 9.17) is 23.2 Å². The number of fused-ring (bicyclic) bond motifs is 1. The number of pyridine rings is 2. The van der Waals surface area contributed by atoms with E-state index in [0.29, 0.717) is 10.3 Å². The predicted octanol–water partition coefficient (Wildman–Crippen LogP) is 2.94. The first-order valence-corrected chi connectivity index (χ1v) is 4.09. The summed E-state index contributed by atoms with van der Waals surface area (Å²) in [5, 5.41) is 2.69. The van der Waals surface area contributed by atoms with Crippen LogP contribution in [-0.2, 0) is 0 Å². The fraction of sp³-hybridized carbons (Fsp3) is 0. The highest BCUT2D eigenvalue weighted by Gasteiger charge is 1.99. The molecule has 0 radical (unpaired) electrons. The van der Waals surface area contributed by atoms with Crippen molar-refractivity contribution in [3.63, 3.8) is 0 Å². The van der Waals surface area contributed by atoms with Crippen molar-refractivity contribution in [3.05, 3.63) is 34.8 Å². The Morgan fingerprint density at radius 2 is 2.00 bits per heavy atom. The van der Waals surface area contributed by atoms with Gasteiger partial charge >= 0.3 is 0 Å². The predicted molar refractivity (Wildman–Crippen MR) is 49.6 cm³/mol. The maximum absolute atomic E-state index is 5.82. The molecule has 4 heteroatoms. The highest BCUT2D eigenvalue weighted by Crippen LogP contribution is 2.21. The van der Waals surface area contributed by atoms with Gasteiger partial charge in [0, 0.05) is 17.8 Å². The van der Waals surface area contributed by atoms with Crippen LogP contribution in [0.25, 0.3) is 10.8 Å². The van der Waals surface area contributed by atoms with Crippen molar-refractivity contribution < 1.29 is 0 Å². The van der Waals surface area contributed by atoms with Crippen LogP contribution in [0.1, 0.15) is 0 Å². The average molecular weight is 199 g/mol. The van der Waals surface area contributed by atoms with Gasteiger partial charge in [-0.3, -0.25) is 0 Å². The number of hydrogen-bond acceptors (Lipinski definition) is 2. The van der Waals surface area contributed by atoms with E-state index >= 15 is 0 Å². The van der Waals surface area contributed by atoms with Crippen LogP contribution in [0, 0.1) is 0 Å². The van der Waals surface area contributed by atoms with Crippen molar-refractivity contribution in [2.75, 3.05) is 0 Å². The van der Waals surface area contributed by atoms with Crippen molar-refractivity contribution in [2.24, 2.45) is 0 Å². The van der Waals surface area contributed by atoms with Gasteiger partial charge in [0.15, 0.2) is 0 Å². The molecule has 0 atom stereocenters. The minimum Gasteiger partial charge on any atom is -0.244 e. The van der Waals surface area contributed by atoms with E-state index in [1.807, 2.05) is 6.07 Å². The fourth-order valence-corrected chi connectivity index (χ4v) is 1.39. The fourth-order valence-electron chi connectivity index (χ4n) is 1.01. The molecule has 0 bridgehead atoms. The summed E-state index contributed by atoms with van der Waals surface area (Å²) < 4.78 is 0. The van der Waals surface area contributed by atoms with Gasteiger partial charge in [-0.1, -0.05) is 23.2 Å². The van der Waals surface area contributed by atoms with Crippen LogP contribution in [0.15, 0.2) is 24.5 Å². The molecule has 0 aliphatic heterocycles. The summed E-state index contributed by atoms with van der Waals surface area (Å²) in [6.07, 6.45) is 3.26. The molecule has 0 aliphatic rings. The maximum Gasteiger partial charge on any atom is 0.138 e. The normalized spacial score (nSPS) is 10.5. The second-order valence-electron chi connectivity index (χ2n) is 2.33. The summed E-state index contributed by atoms with van der Waals surface area (Å²) in [6.45, 7) is 0. The lowest BCUT2D eigenvalue weighted by Gasteiger charge is -1.97. The van der Waals surface area contributed by atoms with Crippen LogP contribution in [0.4, 0.5) is 0 Å². The van der Waals surface area contributed by atoms with E-state index in [9.17, 15) is 0 Å². The van der Waals surface area contributed by atoms with E-state index in [0.717, 1.165) is 10.8 Å². The molecule has 2 heterocycles. The largest absolute Gasteiger partial charge is 0.244 e. The zero-order valence-electron chi connectivity index (χ0n) is 5.96. The van der Waals surface area contributed by atoms with Crippen molar-refractivity contribution in [2.45, 2.75) is 0 Å². The summed E-state index contributed by atoms with van der Waals surface area (Å²) in [5.41, 5.74) is 0. The lowest BCUT2D eigenvalue weighted by Crippen LogP contribution is -1.80. The van der Waals surface area contributed by atoms with Crippen LogP contribution in [-0.4, -0.2) is 9.97 Å². The molecule has 0 amide bonds. The average Bonchev–Trinajstić information content (AvgIpc) is 2.04. The lowest BCUT2D eigenvalue weighted by atomic mass is 10.2. The Bertz CT molecular complexity index is 428. The molecule has 2 aromatic rings. The molecule has 0 spiro atoms. The van der Waals surface area contributed by atoms with E-state index in [1.165, 1.54) is 0 Å². The van der Waals surface area contributed by atoms with Gasteiger partial charge in [-0.15, -0.1) is 0 Å². The molecule has 12 heavy (non-hydrogen) atoms. The number of hydrogen-bond donors (Lipinski definition) is 0. The molecule has 2 rings (SSSR count). The Morgan fingerprint density at radius 3 is 2.83 bits per heavy atom. The van der Waals surface area contributed by atoms with Gasteiger partial charge < -0.3 is 0 Å². The van der Waals surface area contributed by atoms with Gasteiger partial charge in [-0.25, -0.2) is 9.97 Å². The molecule has 0 fully saturated rings. The molecule has 0 unspecified atom stereocenters. The molecule has 2 nitrogen and oxygen atoms in total. The van der Waals surface area contributed by atoms with E-state index < -0.39 is 0 Å². The molecule has 0 aromatic carbocycles. The highest BCUT2D eigenvalue weighted by atomic mass is 35.5. The lowest BCUT2D eigenvalue weighted by molar-refractivity contribution is 1.32. The van der Waals surface area contributed by atoms with Gasteiger partial charge in [-0.05, 0) is 17.5 Å². The van der Waals surface area contributed by atoms with Crippen LogP contribution >= 0.6 is 23.2 Å². The topological polar surface area (TPSA) is 25.8 Å². The number of nitrogens with zero attached hydrogens (tertiary/aromatic N) is 2. The molecule has 2 aromatic heterocycles. The van der Waals surface area contributed by atoms with E-state index in [1.54, 1.807) is 18.5 Å². The van der Waals surface area contributed by atoms with Crippen molar-refractivity contribution in [3.8, 4) is 0 Å². The van der Waals surface area contributed by atoms with Crippen LogP contribution in [0.2, 0.25) is 10.3 Å². The Kier molecular flexibility index (Phi) is 1.87. The second-order valence-corrected chi connectivity index (χ2v) is 3.08. The Labute approximate surface area is 79.2 Å². The first kappa shape index (κ1) is 7.77. The summed E-state index contributed by atoms with van der Waals surface area (Å²) >= 11 is 11.5. The van der Waals surface area contributed by atoms with Gasteiger partial charge in [0.25, 0.3) is 0 Å². The minimum atomic E-state index is 0.455. The quantitative estimate of drug-likeness (QED) is 0.609. The van der Waals surface area contributed by atoms with Gasteiger partial charge in [0.1, 0.15) is 10.3 Å². The minimum absolute atomic E-state index is 0.455. The van der Waals surface area contributed by atoms with Gasteiger partial charge in [0.2, 0.25) is 0 Å². The van der Waals surface area contributed by atoms with Gasteiger partial charge in [0.05, 0.1) is 0 Å². The molecular formula is C8H4Cl2N2. The SMILES string of the molecule is Clc1cc2ccnc(Cl)c2cn1. The molecule has 0 aliphatic carbocycles. The van der Waals surface area contributed by atoms with Gasteiger partial charge in [-0.2, -0.15) is 0 Å². The Morgan fingerprint density at radius 1 is 1.17 bits per heavy atom. The number of aromatic nitrogens is 2. The van der Waals surface area contributed by atoms with E-state index in [-0.39, 0.29) is 0 Å². The van der Waals surface area contributed by atoms with Crippen LogP contribution in [0.3, 0.4) is 0 Å². The summed E-state index contributed by atoms with van der Waals surface area (Å²) in [6, 6.07) is 3.60. The number of halogens is 2. The second kappa shape index (κ2) is 2.88. The first-order valence-electron chi connectivity index (χ1n) is 3.33. The highest BCUT2D eigenvalue weighted by molar-refractivity contribution is 6.34. The molecule has 0 saturated carbocycles. The smallest absolute Gasteiger partial charge is 0.138 e. The number of rotatable bonds is 0. The van der Waals surface area contributed by atoms with Crippen LogP contribution in [0.5, 0.6) is 0 Å². The van der Waals surface area contributed by atoms with Crippen molar-refractivity contribution in [1.29, 1.82) is 0 Å². The third-order valence-electron chi connectivity index (χ3n) is 1.57. The van der Waals surface area contributed by atoms with E-state index in [2.05, 4.69) is 9.97 Å². The maximum atomic E-state index is 5.82. The zero-order chi connectivity index (χ0) is 8.55. The molecular weight excluding hydrogens is 195 g/mol.